The number of halogens is 1. The summed E-state index contributed by atoms with van der Waals surface area (Å²) in [4.78, 5) is 11.9. The van der Waals surface area contributed by atoms with Crippen LogP contribution in [0.2, 0.25) is 0 Å². The van der Waals surface area contributed by atoms with Crippen molar-refractivity contribution in [3.8, 4) is 17.3 Å². The lowest BCUT2D eigenvalue weighted by Crippen LogP contribution is -2.01. The molecule has 2 aromatic heterocycles. The Morgan fingerprint density at radius 1 is 1.10 bits per heavy atom. The van der Waals surface area contributed by atoms with Crippen LogP contribution in [0, 0.1) is 17.3 Å². The van der Waals surface area contributed by atoms with Crippen molar-refractivity contribution in [1.82, 2.24) is 15.0 Å². The van der Waals surface area contributed by atoms with Gasteiger partial charge in [-0.3, -0.25) is 0 Å². The van der Waals surface area contributed by atoms with Gasteiger partial charge in [0, 0.05) is 5.56 Å². The van der Waals surface area contributed by atoms with Crippen molar-refractivity contribution in [2.24, 2.45) is 0 Å². The van der Waals surface area contributed by atoms with Crippen LogP contribution < -0.4 is 5.73 Å². The second kappa shape index (κ2) is 4.55. The van der Waals surface area contributed by atoms with Crippen molar-refractivity contribution in [1.29, 1.82) is 5.26 Å². The molecule has 2 heterocycles. The minimum atomic E-state index is -0.842. The van der Waals surface area contributed by atoms with Crippen LogP contribution in [0.4, 0.5) is 10.3 Å². The van der Waals surface area contributed by atoms with Gasteiger partial charge in [-0.25, -0.2) is 15.0 Å². The Hall–Kier alpha value is -3.07. The average molecular weight is 265 g/mol. The van der Waals surface area contributed by atoms with E-state index >= 15 is 0 Å². The Morgan fingerprint density at radius 2 is 1.85 bits per heavy atom. The average Bonchev–Trinajstić information content (AvgIpc) is 2.47. The molecule has 20 heavy (non-hydrogen) atoms. The van der Waals surface area contributed by atoms with Crippen LogP contribution in [0.3, 0.4) is 0 Å². The number of nitrogens with two attached hydrogens (primary N) is 1. The Balaban J connectivity index is 2.38. The van der Waals surface area contributed by atoms with Crippen LogP contribution in [-0.2, 0) is 0 Å². The second-order valence-electron chi connectivity index (χ2n) is 4.10. The second-order valence-corrected chi connectivity index (χ2v) is 4.10. The Labute approximate surface area is 113 Å². The number of benzene rings is 1. The Kier molecular flexibility index (Phi) is 2.73. The molecule has 0 bridgehead atoms. The summed E-state index contributed by atoms with van der Waals surface area (Å²) in [6.07, 6.45) is 0. The van der Waals surface area contributed by atoms with Crippen LogP contribution in [0.25, 0.3) is 22.3 Å². The summed E-state index contributed by atoms with van der Waals surface area (Å²) in [6.45, 7) is 0. The first-order chi connectivity index (χ1) is 9.69. The molecule has 0 amide bonds. The summed E-state index contributed by atoms with van der Waals surface area (Å²) in [6, 6.07) is 12.2. The summed E-state index contributed by atoms with van der Waals surface area (Å²) in [5, 5.41) is 8.83. The van der Waals surface area contributed by atoms with Gasteiger partial charge in [0.15, 0.2) is 0 Å². The maximum absolute atomic E-state index is 13.7. The molecule has 0 aliphatic carbocycles. The fourth-order valence-corrected chi connectivity index (χ4v) is 1.93. The molecule has 0 atom stereocenters. The highest BCUT2D eigenvalue weighted by Gasteiger charge is 2.13. The monoisotopic (exact) mass is 265 g/mol. The molecule has 0 saturated heterocycles. The molecule has 0 radical (unpaired) electrons. The van der Waals surface area contributed by atoms with E-state index in [1.807, 2.05) is 30.3 Å². The van der Waals surface area contributed by atoms with Gasteiger partial charge < -0.3 is 5.73 Å². The van der Waals surface area contributed by atoms with Gasteiger partial charge in [0.05, 0.1) is 5.52 Å². The Bertz CT molecular complexity index is 840. The summed E-state index contributed by atoms with van der Waals surface area (Å²) < 4.78 is 13.7. The van der Waals surface area contributed by atoms with Gasteiger partial charge in [-0.05, 0) is 6.07 Å². The van der Waals surface area contributed by atoms with Crippen molar-refractivity contribution in [2.75, 3.05) is 5.73 Å². The number of pyridine rings is 1. The number of fused-ring (bicyclic) bond motifs is 1. The molecule has 0 spiro atoms. The van der Waals surface area contributed by atoms with E-state index in [-0.39, 0.29) is 17.0 Å². The van der Waals surface area contributed by atoms with Crippen molar-refractivity contribution in [3.05, 3.63) is 47.9 Å². The first-order valence-corrected chi connectivity index (χ1v) is 5.78. The molecule has 6 heteroatoms. The van der Waals surface area contributed by atoms with Crippen LogP contribution >= 0.6 is 0 Å². The lowest BCUT2D eigenvalue weighted by atomic mass is 10.1. The number of nitrogen functional groups attached to an aromatic ring is 1. The molecular weight excluding hydrogens is 257 g/mol. The molecule has 0 fully saturated rings. The van der Waals surface area contributed by atoms with E-state index in [0.717, 1.165) is 5.56 Å². The van der Waals surface area contributed by atoms with Crippen molar-refractivity contribution >= 4 is 17.0 Å². The molecule has 1 aromatic carbocycles. The van der Waals surface area contributed by atoms with Gasteiger partial charge in [-0.15, -0.1) is 0 Å². The third kappa shape index (κ3) is 1.91. The number of nitriles is 1. The van der Waals surface area contributed by atoms with E-state index in [1.54, 1.807) is 6.07 Å². The van der Waals surface area contributed by atoms with Crippen LogP contribution in [0.15, 0.2) is 36.4 Å². The Morgan fingerprint density at radius 3 is 2.55 bits per heavy atom. The minimum absolute atomic E-state index is 0.0497. The standard InChI is InChI=1S/C14H8FN5/c15-13-9(7-16)6-10-12(19-13)11(20-14(17)18-10)8-4-2-1-3-5-8/h1-6H,(H2,17,18,20). The highest BCUT2D eigenvalue weighted by atomic mass is 19.1. The zero-order valence-corrected chi connectivity index (χ0v) is 10.2. The minimum Gasteiger partial charge on any atom is -0.368 e. The number of hydrogen-bond donors (Lipinski definition) is 1. The van der Waals surface area contributed by atoms with E-state index in [0.29, 0.717) is 11.2 Å². The topological polar surface area (TPSA) is 88.5 Å². The predicted molar refractivity (Wildman–Crippen MR) is 71.9 cm³/mol. The molecule has 5 nitrogen and oxygen atoms in total. The number of hydrogen-bond acceptors (Lipinski definition) is 5. The molecule has 0 saturated carbocycles. The van der Waals surface area contributed by atoms with Gasteiger partial charge in [0.2, 0.25) is 11.9 Å². The lowest BCUT2D eigenvalue weighted by Gasteiger charge is -2.06. The first kappa shape index (κ1) is 12.0. The molecule has 2 N–H and O–H groups in total. The summed E-state index contributed by atoms with van der Waals surface area (Å²) in [5.74, 6) is -0.792. The van der Waals surface area contributed by atoms with Crippen LogP contribution in [0.5, 0.6) is 0 Å². The highest BCUT2D eigenvalue weighted by molar-refractivity contribution is 5.90. The normalized spacial score (nSPS) is 10.4. The first-order valence-electron chi connectivity index (χ1n) is 5.78. The number of aromatic nitrogens is 3. The zero-order chi connectivity index (χ0) is 14.1. The summed E-state index contributed by atoms with van der Waals surface area (Å²) >= 11 is 0. The van der Waals surface area contributed by atoms with Gasteiger partial charge in [0.25, 0.3) is 0 Å². The lowest BCUT2D eigenvalue weighted by molar-refractivity contribution is 0.585. The van der Waals surface area contributed by atoms with Gasteiger partial charge in [-0.2, -0.15) is 9.65 Å². The van der Waals surface area contributed by atoms with Crippen LogP contribution in [-0.4, -0.2) is 15.0 Å². The van der Waals surface area contributed by atoms with E-state index in [9.17, 15) is 4.39 Å². The summed E-state index contributed by atoms with van der Waals surface area (Å²) in [5.41, 5.74) is 7.31. The summed E-state index contributed by atoms with van der Waals surface area (Å²) in [7, 11) is 0. The SMILES string of the molecule is N#Cc1cc2nc(N)nc(-c3ccccc3)c2nc1F. The van der Waals surface area contributed by atoms with Gasteiger partial charge in [0.1, 0.15) is 22.8 Å². The molecule has 3 aromatic rings. The number of anilines is 1. The molecular formula is C14H8FN5. The molecule has 3 rings (SSSR count). The van der Waals surface area contributed by atoms with Crippen LogP contribution in [0.1, 0.15) is 5.56 Å². The highest BCUT2D eigenvalue weighted by Crippen LogP contribution is 2.26. The third-order valence-corrected chi connectivity index (χ3v) is 2.81. The van der Waals surface area contributed by atoms with Crippen molar-refractivity contribution < 1.29 is 4.39 Å². The zero-order valence-electron chi connectivity index (χ0n) is 10.2. The van der Waals surface area contributed by atoms with Gasteiger partial charge >= 0.3 is 0 Å². The number of nitrogens with zero attached hydrogens (tertiary/aromatic N) is 4. The predicted octanol–water partition coefficient (Wildman–Crippen LogP) is 2.28. The van der Waals surface area contributed by atoms with Gasteiger partial charge in [-0.1, -0.05) is 30.3 Å². The molecule has 0 unspecified atom stereocenters. The van der Waals surface area contributed by atoms with E-state index in [1.165, 1.54) is 6.07 Å². The molecule has 96 valence electrons. The molecule has 0 aliphatic rings. The smallest absolute Gasteiger partial charge is 0.231 e. The largest absolute Gasteiger partial charge is 0.368 e. The maximum Gasteiger partial charge on any atom is 0.231 e. The van der Waals surface area contributed by atoms with E-state index in [4.69, 9.17) is 11.0 Å². The van der Waals surface area contributed by atoms with E-state index in [2.05, 4.69) is 15.0 Å². The van der Waals surface area contributed by atoms with Crippen molar-refractivity contribution in [2.45, 2.75) is 0 Å². The maximum atomic E-state index is 13.7. The fraction of sp³-hybridized carbons (Fsp3) is 0. The number of rotatable bonds is 1. The van der Waals surface area contributed by atoms with E-state index < -0.39 is 5.95 Å². The molecule has 0 aliphatic heterocycles. The fourth-order valence-electron chi connectivity index (χ4n) is 1.93. The third-order valence-electron chi connectivity index (χ3n) is 2.81. The van der Waals surface area contributed by atoms with Crippen molar-refractivity contribution in [3.63, 3.8) is 0 Å². The quantitative estimate of drug-likeness (QED) is 0.682.